The van der Waals surface area contributed by atoms with Crippen LogP contribution in [0.25, 0.3) is 0 Å². The van der Waals surface area contributed by atoms with Crippen molar-refractivity contribution in [3.05, 3.63) is 24.2 Å². The average molecular weight is 264 g/mol. The van der Waals surface area contributed by atoms with Gasteiger partial charge in [0.1, 0.15) is 6.26 Å². The van der Waals surface area contributed by atoms with E-state index in [4.69, 9.17) is 9.15 Å². The SMILES string of the molecule is CN1CCOC[C@H]2CCN(C(=O)c3ccoc3)C[C@H]21. The normalized spacial score (nSPS) is 28.8. The summed E-state index contributed by atoms with van der Waals surface area (Å²) in [5.74, 6) is 0.617. The lowest BCUT2D eigenvalue weighted by atomic mass is 9.91. The van der Waals surface area contributed by atoms with Crippen LogP contribution in [0, 0.1) is 5.92 Å². The molecule has 0 bridgehead atoms. The van der Waals surface area contributed by atoms with Crippen LogP contribution in [0.15, 0.2) is 23.0 Å². The van der Waals surface area contributed by atoms with Gasteiger partial charge in [-0.05, 0) is 19.5 Å². The summed E-state index contributed by atoms with van der Waals surface area (Å²) in [4.78, 5) is 16.6. The zero-order valence-corrected chi connectivity index (χ0v) is 11.2. The van der Waals surface area contributed by atoms with Crippen LogP contribution < -0.4 is 0 Å². The fraction of sp³-hybridized carbons (Fsp3) is 0.643. The summed E-state index contributed by atoms with van der Waals surface area (Å²) in [6.07, 6.45) is 4.08. The van der Waals surface area contributed by atoms with Crippen LogP contribution in [-0.2, 0) is 4.74 Å². The summed E-state index contributed by atoms with van der Waals surface area (Å²) in [6.45, 7) is 4.15. The quantitative estimate of drug-likeness (QED) is 0.761. The smallest absolute Gasteiger partial charge is 0.257 e. The van der Waals surface area contributed by atoms with Crippen molar-refractivity contribution in [1.82, 2.24) is 9.80 Å². The average Bonchev–Trinajstić information content (AvgIpc) is 2.90. The second kappa shape index (κ2) is 5.35. The van der Waals surface area contributed by atoms with Crippen molar-refractivity contribution in [3.8, 4) is 0 Å². The third-order valence-electron chi connectivity index (χ3n) is 4.26. The van der Waals surface area contributed by atoms with Gasteiger partial charge in [0, 0.05) is 31.6 Å². The Morgan fingerprint density at radius 1 is 1.42 bits per heavy atom. The zero-order chi connectivity index (χ0) is 13.2. The third kappa shape index (κ3) is 2.53. The highest BCUT2D eigenvalue weighted by atomic mass is 16.5. The van der Waals surface area contributed by atoms with Crippen molar-refractivity contribution in [2.24, 2.45) is 5.92 Å². The first kappa shape index (κ1) is 12.7. The highest BCUT2D eigenvalue weighted by molar-refractivity contribution is 5.93. The topological polar surface area (TPSA) is 45.9 Å². The summed E-state index contributed by atoms with van der Waals surface area (Å²) in [7, 11) is 2.12. The van der Waals surface area contributed by atoms with Crippen molar-refractivity contribution >= 4 is 5.91 Å². The van der Waals surface area contributed by atoms with Crippen molar-refractivity contribution in [3.63, 3.8) is 0 Å². The molecule has 2 aliphatic heterocycles. The highest BCUT2D eigenvalue weighted by Gasteiger charge is 2.35. The molecule has 1 aromatic heterocycles. The first-order chi connectivity index (χ1) is 9.25. The summed E-state index contributed by atoms with van der Waals surface area (Å²) in [5, 5.41) is 0. The first-order valence-corrected chi connectivity index (χ1v) is 6.85. The van der Waals surface area contributed by atoms with Gasteiger partial charge in [0.25, 0.3) is 5.91 Å². The molecule has 0 aromatic carbocycles. The summed E-state index contributed by atoms with van der Waals surface area (Å²) >= 11 is 0. The van der Waals surface area contributed by atoms with E-state index in [-0.39, 0.29) is 5.91 Å². The van der Waals surface area contributed by atoms with Gasteiger partial charge in [-0.3, -0.25) is 9.69 Å². The Balaban J connectivity index is 1.71. The van der Waals surface area contributed by atoms with E-state index in [9.17, 15) is 4.79 Å². The Bertz CT molecular complexity index is 432. The first-order valence-electron chi connectivity index (χ1n) is 6.85. The number of rotatable bonds is 1. The lowest BCUT2D eigenvalue weighted by Gasteiger charge is -2.41. The Morgan fingerprint density at radius 2 is 2.32 bits per heavy atom. The number of hydrogen-bond donors (Lipinski definition) is 0. The van der Waals surface area contributed by atoms with Crippen LogP contribution in [0.4, 0.5) is 0 Å². The molecule has 0 radical (unpaired) electrons. The van der Waals surface area contributed by atoms with Crippen molar-refractivity contribution < 1.29 is 13.9 Å². The fourth-order valence-corrected chi connectivity index (χ4v) is 3.04. The fourth-order valence-electron chi connectivity index (χ4n) is 3.04. The molecule has 0 aliphatic carbocycles. The monoisotopic (exact) mass is 264 g/mol. The van der Waals surface area contributed by atoms with Crippen LogP contribution in [-0.4, -0.2) is 61.6 Å². The molecule has 19 heavy (non-hydrogen) atoms. The lowest BCUT2D eigenvalue weighted by Crippen LogP contribution is -2.53. The van der Waals surface area contributed by atoms with Crippen molar-refractivity contribution in [2.45, 2.75) is 12.5 Å². The number of ether oxygens (including phenoxy) is 1. The van der Waals surface area contributed by atoms with E-state index in [0.717, 1.165) is 39.3 Å². The second-order valence-corrected chi connectivity index (χ2v) is 5.43. The third-order valence-corrected chi connectivity index (χ3v) is 4.26. The molecule has 2 atom stereocenters. The van der Waals surface area contributed by atoms with Gasteiger partial charge in [-0.2, -0.15) is 0 Å². The number of hydrogen-bond acceptors (Lipinski definition) is 4. The van der Waals surface area contributed by atoms with Crippen LogP contribution in [0.2, 0.25) is 0 Å². The number of likely N-dealkylation sites (tertiary alicyclic amines) is 1. The molecular formula is C14H20N2O3. The molecule has 0 N–H and O–H groups in total. The van der Waals surface area contributed by atoms with Crippen LogP contribution in [0.3, 0.4) is 0 Å². The lowest BCUT2D eigenvalue weighted by molar-refractivity contribution is 0.0433. The van der Waals surface area contributed by atoms with E-state index < -0.39 is 0 Å². The predicted octanol–water partition coefficient (Wildman–Crippen LogP) is 1.07. The number of carbonyl (C=O) groups excluding carboxylic acids is 1. The van der Waals surface area contributed by atoms with Crippen LogP contribution >= 0.6 is 0 Å². The van der Waals surface area contributed by atoms with E-state index in [1.807, 2.05) is 4.90 Å². The summed E-state index contributed by atoms with van der Waals surface area (Å²) in [6, 6.07) is 2.14. The minimum atomic E-state index is 0.0748. The van der Waals surface area contributed by atoms with Crippen molar-refractivity contribution in [2.75, 3.05) is 39.9 Å². The molecule has 5 nitrogen and oxygen atoms in total. The number of amides is 1. The van der Waals surface area contributed by atoms with Gasteiger partial charge in [0.15, 0.2) is 0 Å². The molecule has 1 amide bonds. The van der Waals surface area contributed by atoms with Crippen LogP contribution in [0.1, 0.15) is 16.8 Å². The number of furan rings is 1. The van der Waals surface area contributed by atoms with Gasteiger partial charge in [0.2, 0.25) is 0 Å². The maximum Gasteiger partial charge on any atom is 0.257 e. The number of piperidine rings is 1. The van der Waals surface area contributed by atoms with E-state index in [1.165, 1.54) is 6.26 Å². The van der Waals surface area contributed by atoms with Gasteiger partial charge in [0.05, 0.1) is 25.0 Å². The Labute approximate surface area is 113 Å². The van der Waals surface area contributed by atoms with E-state index in [0.29, 0.717) is 17.5 Å². The summed E-state index contributed by atoms with van der Waals surface area (Å²) in [5.41, 5.74) is 0.644. The van der Waals surface area contributed by atoms with Gasteiger partial charge >= 0.3 is 0 Å². The largest absolute Gasteiger partial charge is 0.472 e. The number of likely N-dealkylation sites (N-methyl/N-ethyl adjacent to an activating group) is 1. The number of nitrogens with zero attached hydrogens (tertiary/aromatic N) is 2. The Morgan fingerprint density at radius 3 is 3.11 bits per heavy atom. The van der Waals surface area contributed by atoms with Gasteiger partial charge in [-0.15, -0.1) is 0 Å². The molecule has 2 aliphatic rings. The summed E-state index contributed by atoms with van der Waals surface area (Å²) < 4.78 is 10.6. The molecule has 0 saturated carbocycles. The number of fused-ring (bicyclic) bond motifs is 1. The van der Waals surface area contributed by atoms with E-state index in [2.05, 4.69) is 11.9 Å². The van der Waals surface area contributed by atoms with Crippen molar-refractivity contribution in [1.29, 1.82) is 0 Å². The number of carbonyl (C=O) groups is 1. The maximum atomic E-state index is 12.3. The van der Waals surface area contributed by atoms with E-state index in [1.54, 1.807) is 12.3 Å². The molecule has 1 aromatic rings. The maximum absolute atomic E-state index is 12.3. The van der Waals surface area contributed by atoms with E-state index >= 15 is 0 Å². The Kier molecular flexibility index (Phi) is 3.57. The molecule has 0 unspecified atom stereocenters. The van der Waals surface area contributed by atoms with Gasteiger partial charge in [-0.1, -0.05) is 0 Å². The molecule has 2 saturated heterocycles. The highest BCUT2D eigenvalue weighted by Crippen LogP contribution is 2.25. The Hall–Kier alpha value is -1.33. The zero-order valence-electron chi connectivity index (χ0n) is 11.2. The molecular weight excluding hydrogens is 244 g/mol. The molecule has 5 heteroatoms. The standard InChI is InChI=1S/C14H20N2O3/c1-15-5-7-19-9-11-2-4-16(8-13(11)15)14(17)12-3-6-18-10-12/h3,6,10-11,13H,2,4-5,7-9H2,1H3/t11-,13-/m1/s1. The molecule has 2 fully saturated rings. The van der Waals surface area contributed by atoms with Gasteiger partial charge < -0.3 is 14.1 Å². The molecule has 3 heterocycles. The molecule has 3 rings (SSSR count). The minimum Gasteiger partial charge on any atom is -0.472 e. The predicted molar refractivity (Wildman–Crippen MR) is 70.0 cm³/mol. The van der Waals surface area contributed by atoms with Crippen LogP contribution in [0.5, 0.6) is 0 Å². The van der Waals surface area contributed by atoms with Gasteiger partial charge in [-0.25, -0.2) is 0 Å². The second-order valence-electron chi connectivity index (χ2n) is 5.43. The minimum absolute atomic E-state index is 0.0748. The molecule has 104 valence electrons. The molecule has 0 spiro atoms.